The fourth-order valence-corrected chi connectivity index (χ4v) is 5.91. The zero-order valence-electron chi connectivity index (χ0n) is 23.3. The van der Waals surface area contributed by atoms with Gasteiger partial charge in [0.15, 0.2) is 0 Å². The Morgan fingerprint density at radius 1 is 0.949 bits per heavy atom. The zero-order valence-corrected chi connectivity index (χ0v) is 23.3. The van der Waals surface area contributed by atoms with E-state index >= 15 is 0 Å². The van der Waals surface area contributed by atoms with Gasteiger partial charge < -0.3 is 20.7 Å². The molecular formula is C33H41N3O3. The first-order valence-electron chi connectivity index (χ1n) is 13.8. The molecule has 4 rings (SSSR count). The normalized spacial score (nSPS) is 20.7. The number of primary amides is 1. The van der Waals surface area contributed by atoms with Crippen molar-refractivity contribution in [2.75, 3.05) is 14.1 Å². The summed E-state index contributed by atoms with van der Waals surface area (Å²) in [5, 5.41) is 3.33. The van der Waals surface area contributed by atoms with E-state index in [4.69, 9.17) is 10.5 Å². The van der Waals surface area contributed by atoms with Crippen molar-refractivity contribution < 1.29 is 14.3 Å². The minimum Gasteiger partial charge on any atom is -0.441 e. The molecule has 2 amide bonds. The number of nitrogens with zero attached hydrogens (tertiary/aromatic N) is 1. The third kappa shape index (κ3) is 7.27. The van der Waals surface area contributed by atoms with Gasteiger partial charge in [0.05, 0.1) is 5.92 Å². The summed E-state index contributed by atoms with van der Waals surface area (Å²) in [6.07, 6.45) is 3.51. The molecule has 1 fully saturated rings. The predicted octanol–water partition coefficient (Wildman–Crippen LogP) is 5.59. The van der Waals surface area contributed by atoms with Crippen LogP contribution in [-0.4, -0.2) is 42.6 Å². The first kappa shape index (κ1) is 28.4. The Hall–Kier alpha value is -3.64. The molecule has 1 saturated carbocycles. The smallest absolute Gasteiger partial charge is 0.405 e. The summed E-state index contributed by atoms with van der Waals surface area (Å²) in [6, 6.07) is 27.9. The molecule has 206 valence electrons. The molecule has 1 aliphatic rings. The van der Waals surface area contributed by atoms with Crippen molar-refractivity contribution in [3.8, 4) is 0 Å². The molecule has 0 heterocycles. The van der Waals surface area contributed by atoms with Crippen LogP contribution < -0.4 is 11.1 Å². The van der Waals surface area contributed by atoms with Gasteiger partial charge in [-0.1, -0.05) is 84.9 Å². The highest BCUT2D eigenvalue weighted by Crippen LogP contribution is 2.37. The van der Waals surface area contributed by atoms with Gasteiger partial charge >= 0.3 is 6.09 Å². The second kappa shape index (κ2) is 12.9. The number of likely N-dealkylation sites (N-methyl/N-ethyl adjacent to an activating group) is 1. The minimum atomic E-state index is -0.889. The van der Waals surface area contributed by atoms with E-state index in [1.165, 1.54) is 11.1 Å². The summed E-state index contributed by atoms with van der Waals surface area (Å²) < 4.78 is 5.59. The lowest BCUT2D eigenvalue weighted by Gasteiger charge is -2.46. The summed E-state index contributed by atoms with van der Waals surface area (Å²) in [5.74, 6) is -0.731. The van der Waals surface area contributed by atoms with Gasteiger partial charge in [0.2, 0.25) is 5.91 Å². The lowest BCUT2D eigenvalue weighted by molar-refractivity contribution is -0.130. The molecular weight excluding hydrogens is 486 g/mol. The SMILES string of the molecule is Cc1ccccc1CC1(N(C)C)CCC(NC(=O)C(Cc2ccccc2)C(OC(N)=O)c2ccccc2)CC1. The van der Waals surface area contributed by atoms with Gasteiger partial charge in [0.25, 0.3) is 0 Å². The van der Waals surface area contributed by atoms with Crippen LogP contribution in [0.1, 0.15) is 54.0 Å². The van der Waals surface area contributed by atoms with E-state index in [1.807, 2.05) is 60.7 Å². The Kier molecular flexibility index (Phi) is 9.41. The van der Waals surface area contributed by atoms with Crippen LogP contribution in [0.3, 0.4) is 0 Å². The highest BCUT2D eigenvalue weighted by Gasteiger charge is 2.39. The largest absolute Gasteiger partial charge is 0.441 e. The number of amides is 2. The fraction of sp³-hybridized carbons (Fsp3) is 0.394. The van der Waals surface area contributed by atoms with Gasteiger partial charge in [-0.05, 0) is 81.8 Å². The third-order valence-corrected chi connectivity index (χ3v) is 8.36. The molecule has 6 heteroatoms. The molecule has 0 aromatic heterocycles. The molecule has 0 aliphatic heterocycles. The first-order chi connectivity index (χ1) is 18.8. The third-order valence-electron chi connectivity index (χ3n) is 8.36. The lowest BCUT2D eigenvalue weighted by Crippen LogP contribution is -2.53. The number of nitrogens with one attached hydrogen (secondary N) is 1. The molecule has 2 atom stereocenters. The van der Waals surface area contributed by atoms with Crippen molar-refractivity contribution in [1.29, 1.82) is 0 Å². The van der Waals surface area contributed by atoms with E-state index in [1.54, 1.807) is 0 Å². The Morgan fingerprint density at radius 2 is 1.54 bits per heavy atom. The molecule has 0 spiro atoms. The fourth-order valence-electron chi connectivity index (χ4n) is 5.91. The van der Waals surface area contributed by atoms with E-state index in [0.717, 1.165) is 43.2 Å². The van der Waals surface area contributed by atoms with Crippen molar-refractivity contribution in [1.82, 2.24) is 10.2 Å². The number of carbonyl (C=O) groups is 2. The van der Waals surface area contributed by atoms with Gasteiger partial charge in [0.1, 0.15) is 6.10 Å². The maximum absolute atomic E-state index is 13.9. The van der Waals surface area contributed by atoms with Gasteiger partial charge in [-0.2, -0.15) is 0 Å². The van der Waals surface area contributed by atoms with Crippen molar-refractivity contribution in [2.24, 2.45) is 11.7 Å². The van der Waals surface area contributed by atoms with E-state index in [2.05, 4.69) is 55.5 Å². The number of nitrogens with two attached hydrogens (primary N) is 1. The van der Waals surface area contributed by atoms with Crippen molar-refractivity contribution in [3.05, 3.63) is 107 Å². The van der Waals surface area contributed by atoms with Crippen LogP contribution in [0, 0.1) is 12.8 Å². The van der Waals surface area contributed by atoms with Crippen LogP contribution >= 0.6 is 0 Å². The van der Waals surface area contributed by atoms with E-state index < -0.39 is 18.1 Å². The highest BCUT2D eigenvalue weighted by atomic mass is 16.6. The Labute approximate surface area is 232 Å². The summed E-state index contributed by atoms with van der Waals surface area (Å²) in [4.78, 5) is 28.2. The van der Waals surface area contributed by atoms with Crippen molar-refractivity contribution in [3.63, 3.8) is 0 Å². The van der Waals surface area contributed by atoms with Crippen LogP contribution in [-0.2, 0) is 22.4 Å². The molecule has 3 aromatic rings. The first-order valence-corrected chi connectivity index (χ1v) is 13.8. The molecule has 1 aliphatic carbocycles. The van der Waals surface area contributed by atoms with Gasteiger partial charge in [-0.25, -0.2) is 4.79 Å². The Morgan fingerprint density at radius 3 is 2.13 bits per heavy atom. The molecule has 0 bridgehead atoms. The topological polar surface area (TPSA) is 84.7 Å². The molecule has 2 unspecified atom stereocenters. The average Bonchev–Trinajstić information content (AvgIpc) is 2.94. The number of carbonyl (C=O) groups excluding carboxylic acids is 2. The Bertz CT molecular complexity index is 1220. The number of benzene rings is 3. The monoisotopic (exact) mass is 527 g/mol. The molecule has 3 N–H and O–H groups in total. The highest BCUT2D eigenvalue weighted by molar-refractivity contribution is 5.80. The Balaban J connectivity index is 1.51. The average molecular weight is 528 g/mol. The second-order valence-corrected chi connectivity index (χ2v) is 11.1. The predicted molar refractivity (Wildman–Crippen MR) is 155 cm³/mol. The zero-order chi connectivity index (χ0) is 27.8. The van der Waals surface area contributed by atoms with E-state index in [-0.39, 0.29) is 17.5 Å². The van der Waals surface area contributed by atoms with Crippen molar-refractivity contribution >= 4 is 12.0 Å². The van der Waals surface area contributed by atoms with Crippen LogP contribution in [0.4, 0.5) is 4.79 Å². The standard InChI is InChI=1S/C33H41N3O3/c1-24-12-10-11-17-27(24)23-33(36(2)3)20-18-28(19-21-33)35-31(37)29(22-25-13-6-4-7-14-25)30(39-32(34)38)26-15-8-5-9-16-26/h4-17,28-30H,18-23H2,1-3H3,(H2,34,38)(H,35,37). The summed E-state index contributed by atoms with van der Waals surface area (Å²) >= 11 is 0. The van der Waals surface area contributed by atoms with E-state index in [9.17, 15) is 9.59 Å². The molecule has 0 saturated heterocycles. The van der Waals surface area contributed by atoms with Crippen LogP contribution in [0.15, 0.2) is 84.9 Å². The molecule has 3 aromatic carbocycles. The summed E-state index contributed by atoms with van der Waals surface area (Å²) in [5.41, 5.74) is 9.99. The minimum absolute atomic E-state index is 0.0540. The quantitative estimate of drug-likeness (QED) is 0.360. The molecule has 0 radical (unpaired) electrons. The summed E-state index contributed by atoms with van der Waals surface area (Å²) in [6.45, 7) is 2.18. The van der Waals surface area contributed by atoms with Gasteiger partial charge in [-0.15, -0.1) is 0 Å². The molecule has 39 heavy (non-hydrogen) atoms. The number of ether oxygens (including phenoxy) is 1. The number of hydrogen-bond acceptors (Lipinski definition) is 4. The maximum Gasteiger partial charge on any atom is 0.405 e. The maximum atomic E-state index is 13.9. The van der Waals surface area contributed by atoms with Crippen LogP contribution in [0.5, 0.6) is 0 Å². The van der Waals surface area contributed by atoms with Crippen LogP contribution in [0.25, 0.3) is 0 Å². The number of rotatable bonds is 10. The van der Waals surface area contributed by atoms with E-state index in [0.29, 0.717) is 6.42 Å². The number of aryl methyl sites for hydroxylation is 1. The van der Waals surface area contributed by atoms with Gasteiger partial charge in [0, 0.05) is 11.6 Å². The second-order valence-electron chi connectivity index (χ2n) is 11.1. The molecule has 6 nitrogen and oxygen atoms in total. The van der Waals surface area contributed by atoms with Crippen LogP contribution in [0.2, 0.25) is 0 Å². The number of hydrogen-bond donors (Lipinski definition) is 2. The summed E-state index contributed by atoms with van der Waals surface area (Å²) in [7, 11) is 4.33. The van der Waals surface area contributed by atoms with Crippen molar-refractivity contribution in [2.45, 2.75) is 63.1 Å². The lowest BCUT2D eigenvalue weighted by atomic mass is 9.74. The van der Waals surface area contributed by atoms with Gasteiger partial charge in [-0.3, -0.25) is 4.79 Å².